The van der Waals surface area contributed by atoms with Crippen LogP contribution in [0.4, 0.5) is 5.82 Å². The van der Waals surface area contributed by atoms with Gasteiger partial charge < -0.3 is 14.6 Å². The Labute approximate surface area is 152 Å². The second kappa shape index (κ2) is 7.02. The molecule has 0 saturated heterocycles. The molecule has 1 aromatic rings. The molecule has 0 spiro atoms. The Hall–Kier alpha value is -1.50. The molecule has 0 aliphatic heterocycles. The number of anilines is 1. The van der Waals surface area contributed by atoms with Gasteiger partial charge in [0.05, 0.1) is 11.5 Å². The van der Waals surface area contributed by atoms with Crippen molar-refractivity contribution in [2.45, 2.75) is 46.6 Å². The van der Waals surface area contributed by atoms with Crippen molar-refractivity contribution >= 4 is 29.5 Å². The van der Waals surface area contributed by atoms with Gasteiger partial charge >= 0.3 is 5.97 Å². The largest absolute Gasteiger partial charge is 0.461 e. The van der Waals surface area contributed by atoms with Gasteiger partial charge in [0.25, 0.3) is 0 Å². The number of carbonyl (C=O) groups excluding carboxylic acids is 2. The van der Waals surface area contributed by atoms with Crippen LogP contribution < -0.4 is 5.32 Å². The maximum absolute atomic E-state index is 12.1. The van der Waals surface area contributed by atoms with E-state index in [1.807, 2.05) is 0 Å². The molecule has 138 valence electrons. The summed E-state index contributed by atoms with van der Waals surface area (Å²) in [7, 11) is 0. The predicted octanol–water partition coefficient (Wildman–Crippen LogP) is 3.27. The highest BCUT2D eigenvalue weighted by Crippen LogP contribution is 2.61. The number of aryl methyl sites for hydroxylation is 1. The summed E-state index contributed by atoms with van der Waals surface area (Å²) in [6.07, 6.45) is 2.25. The Morgan fingerprint density at radius 3 is 2.76 bits per heavy atom. The van der Waals surface area contributed by atoms with Crippen LogP contribution in [0.5, 0.6) is 0 Å². The van der Waals surface area contributed by atoms with Gasteiger partial charge in [0.15, 0.2) is 5.82 Å². The number of nitrogens with zero attached hydrogens (tertiary/aromatic N) is 1. The lowest BCUT2D eigenvalue weighted by atomic mass is 9.45. The molecule has 0 unspecified atom stereocenters. The number of thioether (sulfide) groups is 1. The molecule has 0 aromatic carbocycles. The molecule has 25 heavy (non-hydrogen) atoms. The van der Waals surface area contributed by atoms with Crippen molar-refractivity contribution < 1.29 is 18.8 Å². The minimum Gasteiger partial charge on any atom is -0.461 e. The number of nitrogens with one attached hydrogen (secondary N) is 1. The molecule has 1 amide bonds. The summed E-state index contributed by atoms with van der Waals surface area (Å²) in [6, 6.07) is 1.65. The number of amides is 1. The van der Waals surface area contributed by atoms with Gasteiger partial charge in [0.2, 0.25) is 5.91 Å². The zero-order valence-corrected chi connectivity index (χ0v) is 16.0. The minimum absolute atomic E-state index is 0.0248. The van der Waals surface area contributed by atoms with E-state index in [1.54, 1.807) is 13.0 Å². The number of carbonyl (C=O) groups is 2. The average molecular weight is 366 g/mol. The third-order valence-electron chi connectivity index (χ3n) is 5.92. The van der Waals surface area contributed by atoms with E-state index >= 15 is 0 Å². The van der Waals surface area contributed by atoms with E-state index in [9.17, 15) is 9.59 Å². The minimum atomic E-state index is -0.231. The molecule has 1 aromatic heterocycles. The van der Waals surface area contributed by atoms with Gasteiger partial charge in [-0.25, -0.2) is 0 Å². The van der Waals surface area contributed by atoms with Crippen molar-refractivity contribution in [1.29, 1.82) is 0 Å². The van der Waals surface area contributed by atoms with Crippen LogP contribution >= 0.6 is 11.8 Å². The first-order valence-electron chi connectivity index (χ1n) is 8.77. The molecular formula is C18H26N2O4S. The van der Waals surface area contributed by atoms with E-state index in [-0.39, 0.29) is 29.5 Å². The molecule has 3 saturated carbocycles. The van der Waals surface area contributed by atoms with Crippen LogP contribution in [0, 0.1) is 30.1 Å². The fraction of sp³-hybridized carbons (Fsp3) is 0.722. The normalized spacial score (nSPS) is 29.6. The Bertz CT molecular complexity index is 657. The highest BCUT2D eigenvalue weighted by Gasteiger charge is 2.57. The topological polar surface area (TPSA) is 81.4 Å². The fourth-order valence-electron chi connectivity index (χ4n) is 4.29. The quantitative estimate of drug-likeness (QED) is 0.778. The maximum Gasteiger partial charge on any atom is 0.316 e. The summed E-state index contributed by atoms with van der Waals surface area (Å²) in [5.74, 6) is 2.67. The fourth-order valence-corrected chi connectivity index (χ4v) is 4.89. The molecule has 0 radical (unpaired) electrons. The molecule has 1 N–H and O–H groups in total. The van der Waals surface area contributed by atoms with Gasteiger partial charge in [-0.3, -0.25) is 9.59 Å². The van der Waals surface area contributed by atoms with E-state index < -0.39 is 0 Å². The maximum atomic E-state index is 12.1. The molecule has 1 heterocycles. The highest BCUT2D eigenvalue weighted by atomic mass is 32.2. The van der Waals surface area contributed by atoms with Crippen LogP contribution in [-0.4, -0.2) is 34.6 Å². The van der Waals surface area contributed by atoms with Gasteiger partial charge in [0.1, 0.15) is 11.9 Å². The smallest absolute Gasteiger partial charge is 0.316 e. The number of aromatic nitrogens is 1. The number of ether oxygens (including phenoxy) is 1. The number of esters is 1. The van der Waals surface area contributed by atoms with Crippen molar-refractivity contribution in [3.63, 3.8) is 0 Å². The second-order valence-corrected chi connectivity index (χ2v) is 8.83. The molecular weight excluding hydrogens is 340 g/mol. The van der Waals surface area contributed by atoms with Crippen LogP contribution in [0.25, 0.3) is 0 Å². The van der Waals surface area contributed by atoms with Gasteiger partial charge in [-0.15, -0.1) is 11.8 Å². The van der Waals surface area contributed by atoms with E-state index in [2.05, 4.69) is 31.2 Å². The highest BCUT2D eigenvalue weighted by molar-refractivity contribution is 8.00. The lowest BCUT2D eigenvalue weighted by molar-refractivity contribution is -0.183. The summed E-state index contributed by atoms with van der Waals surface area (Å²) in [5.41, 5.74) is 0.384. The van der Waals surface area contributed by atoms with E-state index in [0.29, 0.717) is 34.7 Å². The van der Waals surface area contributed by atoms with Crippen LogP contribution in [-0.2, 0) is 14.3 Å². The van der Waals surface area contributed by atoms with Gasteiger partial charge in [-0.05, 0) is 42.9 Å². The van der Waals surface area contributed by atoms with Crippen LogP contribution in [0.2, 0.25) is 0 Å². The van der Waals surface area contributed by atoms with E-state index in [0.717, 1.165) is 6.42 Å². The summed E-state index contributed by atoms with van der Waals surface area (Å²) >= 11 is 1.25. The first kappa shape index (κ1) is 18.3. The molecule has 6 nitrogen and oxygen atoms in total. The number of hydrogen-bond donors (Lipinski definition) is 1. The van der Waals surface area contributed by atoms with Crippen molar-refractivity contribution in [1.82, 2.24) is 5.16 Å². The lowest BCUT2D eigenvalue weighted by Crippen LogP contribution is -2.57. The predicted molar refractivity (Wildman–Crippen MR) is 96.2 cm³/mol. The van der Waals surface area contributed by atoms with Crippen LogP contribution in [0.15, 0.2) is 10.6 Å². The first-order chi connectivity index (χ1) is 11.8. The van der Waals surface area contributed by atoms with E-state index in [1.165, 1.54) is 18.2 Å². The van der Waals surface area contributed by atoms with Gasteiger partial charge in [-0.1, -0.05) is 25.9 Å². The summed E-state index contributed by atoms with van der Waals surface area (Å²) in [5, 5.41) is 6.33. The number of rotatable bonds is 6. The molecule has 2 bridgehead atoms. The molecule has 4 rings (SSSR count). The van der Waals surface area contributed by atoms with Crippen molar-refractivity contribution in [2.75, 3.05) is 16.8 Å². The lowest BCUT2D eigenvalue weighted by Gasteiger charge is -2.61. The first-order valence-corrected chi connectivity index (χ1v) is 9.93. The number of hydrogen-bond acceptors (Lipinski definition) is 6. The van der Waals surface area contributed by atoms with E-state index in [4.69, 9.17) is 9.26 Å². The molecule has 4 atom stereocenters. The van der Waals surface area contributed by atoms with Crippen molar-refractivity contribution in [3.05, 3.63) is 11.8 Å². The Morgan fingerprint density at radius 2 is 2.16 bits per heavy atom. The molecule has 3 aliphatic carbocycles. The zero-order chi connectivity index (χ0) is 18.2. The summed E-state index contributed by atoms with van der Waals surface area (Å²) < 4.78 is 10.6. The molecule has 3 fully saturated rings. The molecule has 7 heteroatoms. The summed E-state index contributed by atoms with van der Waals surface area (Å²) in [6.45, 7) is 8.60. The Kier molecular flexibility index (Phi) is 5.14. The summed E-state index contributed by atoms with van der Waals surface area (Å²) in [4.78, 5) is 23.9. The Morgan fingerprint density at radius 1 is 1.40 bits per heavy atom. The van der Waals surface area contributed by atoms with Crippen molar-refractivity contribution in [3.8, 4) is 0 Å². The molecule has 3 aliphatic rings. The third kappa shape index (κ3) is 3.86. The monoisotopic (exact) mass is 366 g/mol. The second-order valence-electron chi connectivity index (χ2n) is 7.85. The average Bonchev–Trinajstić information content (AvgIpc) is 2.93. The van der Waals surface area contributed by atoms with Crippen molar-refractivity contribution in [2.24, 2.45) is 23.2 Å². The Balaban J connectivity index is 1.37. The zero-order valence-electron chi connectivity index (χ0n) is 15.2. The van der Waals surface area contributed by atoms with Crippen LogP contribution in [0.3, 0.4) is 0 Å². The number of fused-ring (bicyclic) bond motifs is 2. The van der Waals surface area contributed by atoms with Gasteiger partial charge in [-0.2, -0.15) is 0 Å². The van der Waals surface area contributed by atoms with Gasteiger partial charge in [0, 0.05) is 6.07 Å². The van der Waals surface area contributed by atoms with Crippen LogP contribution in [0.1, 0.15) is 39.4 Å². The SMILES string of the molecule is Cc1cc(NC(=O)CSCC(=O)O[C@@H]2C[C@H]3C[C@@H]([C@H]2C)C3(C)C)no1. The third-order valence-corrected chi connectivity index (χ3v) is 6.82. The standard InChI is InChI=1S/C18H26N2O4S/c1-10-5-15(20-24-10)19-16(21)8-25-9-17(22)23-14-7-12-6-13(11(14)2)18(12,3)4/h5,11-14H,6-9H2,1-4H3,(H,19,20,21)/t11-,12-,13+,14-/m1/s1.